The molecule has 0 aromatic heterocycles. The summed E-state index contributed by atoms with van der Waals surface area (Å²) in [6, 6.07) is -2.59. The van der Waals surface area contributed by atoms with Gasteiger partial charge in [-0.15, -0.1) is 0 Å². The van der Waals surface area contributed by atoms with Crippen molar-refractivity contribution in [1.82, 2.24) is 0 Å². The lowest BCUT2D eigenvalue weighted by Crippen LogP contribution is -2.63. The normalized spacial score (nSPS) is 44.8. The fraction of sp³-hybridized carbons (Fsp3) is 1.00. The number of rotatable bonds is 6. The molecular formula is C12H20N6O9. The van der Waals surface area contributed by atoms with E-state index in [1.165, 1.54) is 0 Å². The second kappa shape index (κ2) is 9.45. The molecule has 2 aliphatic heterocycles. The molecule has 0 saturated carbocycles. The van der Waals surface area contributed by atoms with Crippen molar-refractivity contribution in [3.8, 4) is 0 Å². The third-order valence-corrected chi connectivity index (χ3v) is 4.34. The lowest BCUT2D eigenvalue weighted by Gasteiger charge is -2.45. The lowest BCUT2D eigenvalue weighted by molar-refractivity contribution is -0.360. The van der Waals surface area contributed by atoms with Crippen molar-refractivity contribution in [2.75, 3.05) is 13.2 Å². The van der Waals surface area contributed by atoms with Crippen molar-refractivity contribution in [2.24, 2.45) is 10.2 Å². The Balaban J connectivity index is 2.15. The van der Waals surface area contributed by atoms with Crippen molar-refractivity contribution in [1.29, 1.82) is 0 Å². The Hall–Kier alpha value is -1.74. The van der Waals surface area contributed by atoms with Crippen LogP contribution in [-0.4, -0.2) is 105 Å². The van der Waals surface area contributed by atoms with Crippen molar-refractivity contribution in [2.45, 2.75) is 61.3 Å². The first-order valence-corrected chi connectivity index (χ1v) is 7.88. The summed E-state index contributed by atoms with van der Waals surface area (Å²) in [5, 5.41) is 65.5. The number of aliphatic hydroxyl groups excluding tert-OH is 6. The van der Waals surface area contributed by atoms with Crippen molar-refractivity contribution >= 4 is 0 Å². The predicted molar refractivity (Wildman–Crippen MR) is 82.5 cm³/mol. The van der Waals surface area contributed by atoms with Gasteiger partial charge in [-0.1, -0.05) is 10.2 Å². The molecule has 2 aliphatic rings. The second-order valence-electron chi connectivity index (χ2n) is 5.94. The number of nitrogens with zero attached hydrogens (tertiary/aromatic N) is 6. The van der Waals surface area contributed by atoms with Crippen LogP contribution in [0.5, 0.6) is 0 Å². The summed E-state index contributed by atoms with van der Waals surface area (Å²) in [5.41, 5.74) is 17.0. The van der Waals surface area contributed by atoms with E-state index in [4.69, 9.17) is 25.3 Å². The fourth-order valence-corrected chi connectivity index (χ4v) is 2.90. The van der Waals surface area contributed by atoms with Gasteiger partial charge in [-0.2, -0.15) is 0 Å². The molecule has 0 unspecified atom stereocenters. The molecule has 0 amide bonds. The Kier molecular flexibility index (Phi) is 7.55. The van der Waals surface area contributed by atoms with E-state index in [0.717, 1.165) is 0 Å². The van der Waals surface area contributed by atoms with Gasteiger partial charge in [0.1, 0.15) is 12.2 Å². The zero-order valence-electron chi connectivity index (χ0n) is 13.8. The molecule has 2 heterocycles. The van der Waals surface area contributed by atoms with Crippen LogP contribution in [0.2, 0.25) is 0 Å². The zero-order chi connectivity index (χ0) is 20.1. The standard InChI is InChI=1S/C12H20N6O9/c13-17-15-5-3(1-19)25-11(9(23)7(5)21)27-12-10(24)8(22)6(16-18-14)4(2-20)26-12/h3-12,19-24H,1-2H2/t3-,4-,5+,6+,7+,8+,9-,10-,11-,12-/m1/s1. The molecule has 0 radical (unpaired) electrons. The van der Waals surface area contributed by atoms with Crippen LogP contribution >= 0.6 is 0 Å². The highest BCUT2D eigenvalue weighted by Crippen LogP contribution is 2.30. The monoisotopic (exact) mass is 392 g/mol. The maximum Gasteiger partial charge on any atom is 0.189 e. The SMILES string of the molecule is [N-]=[N+]=N[C@@H]1[C@H](O)[C@@H](O)[C@@H](O[C@H]2O[C@H](CO)[C@H](N=[N+]=[N-])[C@H](O)[C@H]2O)O[C@@H]1CO. The Bertz CT molecular complexity index is 546. The molecule has 0 aromatic carbocycles. The molecule has 15 heteroatoms. The molecule has 0 aromatic rings. The van der Waals surface area contributed by atoms with E-state index in [1.807, 2.05) is 0 Å². The minimum Gasteiger partial charge on any atom is -0.394 e. The zero-order valence-corrected chi connectivity index (χ0v) is 13.8. The summed E-state index contributed by atoms with van der Waals surface area (Å²) in [5.74, 6) is 0. The molecule has 2 fully saturated rings. The molecule has 6 N–H and O–H groups in total. The molecule has 0 aliphatic carbocycles. The molecule has 27 heavy (non-hydrogen) atoms. The summed E-state index contributed by atoms with van der Waals surface area (Å²) in [7, 11) is 0. The molecule has 10 atom stereocenters. The highest BCUT2D eigenvalue weighted by molar-refractivity contribution is 4.97. The molecule has 0 spiro atoms. The van der Waals surface area contributed by atoms with E-state index in [1.54, 1.807) is 0 Å². The fourth-order valence-electron chi connectivity index (χ4n) is 2.90. The van der Waals surface area contributed by atoms with E-state index in [9.17, 15) is 30.6 Å². The Morgan fingerprint density at radius 2 is 1.11 bits per heavy atom. The molecule has 0 bridgehead atoms. The van der Waals surface area contributed by atoms with Crippen LogP contribution in [0.15, 0.2) is 10.2 Å². The first-order chi connectivity index (χ1) is 12.9. The van der Waals surface area contributed by atoms with E-state index in [-0.39, 0.29) is 0 Å². The average molecular weight is 392 g/mol. The molecule has 2 saturated heterocycles. The predicted octanol–water partition coefficient (Wildman–Crippen LogP) is -2.76. The van der Waals surface area contributed by atoms with Gasteiger partial charge in [0.05, 0.1) is 49.7 Å². The second-order valence-corrected chi connectivity index (χ2v) is 5.94. The summed E-state index contributed by atoms with van der Waals surface area (Å²) in [4.78, 5) is 5.02. The van der Waals surface area contributed by atoms with Gasteiger partial charge in [-0.3, -0.25) is 0 Å². The number of hydrogen-bond donors (Lipinski definition) is 6. The highest BCUT2D eigenvalue weighted by atomic mass is 16.8. The summed E-state index contributed by atoms with van der Waals surface area (Å²) < 4.78 is 15.8. The van der Waals surface area contributed by atoms with Crippen LogP contribution in [0.25, 0.3) is 20.9 Å². The largest absolute Gasteiger partial charge is 0.394 e. The van der Waals surface area contributed by atoms with Gasteiger partial charge in [0.15, 0.2) is 12.6 Å². The maximum absolute atomic E-state index is 10.1. The molecule has 152 valence electrons. The van der Waals surface area contributed by atoms with Crippen LogP contribution in [0.3, 0.4) is 0 Å². The van der Waals surface area contributed by atoms with Crippen LogP contribution in [0, 0.1) is 0 Å². The Morgan fingerprint density at radius 1 is 0.741 bits per heavy atom. The van der Waals surface area contributed by atoms with Gasteiger partial charge in [0.25, 0.3) is 0 Å². The van der Waals surface area contributed by atoms with Crippen LogP contribution in [-0.2, 0) is 14.2 Å². The third kappa shape index (κ3) is 4.40. The highest BCUT2D eigenvalue weighted by Gasteiger charge is 2.49. The minimum atomic E-state index is -1.75. The van der Waals surface area contributed by atoms with E-state index in [0.29, 0.717) is 0 Å². The van der Waals surface area contributed by atoms with E-state index < -0.39 is 74.5 Å². The van der Waals surface area contributed by atoms with Crippen LogP contribution < -0.4 is 0 Å². The lowest BCUT2D eigenvalue weighted by atomic mass is 9.96. The van der Waals surface area contributed by atoms with Gasteiger partial charge >= 0.3 is 0 Å². The minimum absolute atomic E-state index is 0.678. The van der Waals surface area contributed by atoms with Crippen molar-refractivity contribution in [3.63, 3.8) is 0 Å². The smallest absolute Gasteiger partial charge is 0.189 e. The third-order valence-electron chi connectivity index (χ3n) is 4.34. The van der Waals surface area contributed by atoms with Crippen molar-refractivity contribution in [3.05, 3.63) is 20.9 Å². The van der Waals surface area contributed by atoms with Gasteiger partial charge in [0, 0.05) is 9.82 Å². The van der Waals surface area contributed by atoms with Gasteiger partial charge in [-0.05, 0) is 11.1 Å². The van der Waals surface area contributed by atoms with Gasteiger partial charge < -0.3 is 44.8 Å². The van der Waals surface area contributed by atoms with Gasteiger partial charge in [0.2, 0.25) is 0 Å². The maximum atomic E-state index is 10.1. The summed E-state index contributed by atoms with van der Waals surface area (Å²) in [6.07, 6.45) is -12.5. The quantitative estimate of drug-likeness (QED) is 0.155. The first kappa shape index (κ1) is 21.6. The number of azide groups is 2. The first-order valence-electron chi connectivity index (χ1n) is 7.88. The van der Waals surface area contributed by atoms with Gasteiger partial charge in [-0.25, -0.2) is 0 Å². The van der Waals surface area contributed by atoms with Crippen LogP contribution in [0.4, 0.5) is 0 Å². The average Bonchev–Trinajstić information content (AvgIpc) is 2.67. The number of hydrogen-bond acceptors (Lipinski definition) is 11. The molecular weight excluding hydrogens is 372 g/mol. The number of aliphatic hydroxyl groups is 6. The van der Waals surface area contributed by atoms with Crippen molar-refractivity contribution < 1.29 is 44.8 Å². The number of ether oxygens (including phenoxy) is 3. The molecule has 2 rings (SSSR count). The van der Waals surface area contributed by atoms with Crippen LogP contribution in [0.1, 0.15) is 0 Å². The summed E-state index contributed by atoms with van der Waals surface area (Å²) in [6.45, 7) is -1.36. The van der Waals surface area contributed by atoms with E-state index >= 15 is 0 Å². The molecule has 15 nitrogen and oxygen atoms in total. The summed E-state index contributed by atoms with van der Waals surface area (Å²) >= 11 is 0. The Morgan fingerprint density at radius 3 is 1.41 bits per heavy atom. The topological polar surface area (TPSA) is 247 Å². The van der Waals surface area contributed by atoms with E-state index in [2.05, 4.69) is 20.1 Å². The Labute approximate surface area is 151 Å².